The molecule has 0 radical (unpaired) electrons. The Morgan fingerprint density at radius 3 is 0.676 bits per heavy atom. The van der Waals surface area contributed by atoms with Crippen LogP contribution in [0.3, 0.4) is 0 Å². The first-order valence-corrected chi connectivity index (χ1v) is 33.3. The summed E-state index contributed by atoms with van der Waals surface area (Å²) in [6.45, 7) is 6.69. The quantitative estimate of drug-likeness (QED) is 0.0261. The number of unbranched alkanes of at least 4 members (excludes halogenated alkanes) is 47. The fourth-order valence-electron chi connectivity index (χ4n) is 10.1. The average molecular weight is 1040 g/mol. The molecule has 0 saturated carbocycles. The summed E-state index contributed by atoms with van der Waals surface area (Å²) in [5.74, 6) is -0.849. The van der Waals surface area contributed by atoms with E-state index in [-0.39, 0.29) is 31.1 Å². The summed E-state index contributed by atoms with van der Waals surface area (Å²) in [7, 11) is 0. The predicted octanol–water partition coefficient (Wildman–Crippen LogP) is 22.6. The highest BCUT2D eigenvalue weighted by molar-refractivity contribution is 5.71. The summed E-state index contributed by atoms with van der Waals surface area (Å²) in [5, 5.41) is 0. The number of esters is 3. The molecule has 0 rings (SSSR count). The predicted molar refractivity (Wildman–Crippen MR) is 321 cm³/mol. The van der Waals surface area contributed by atoms with Gasteiger partial charge in [-0.2, -0.15) is 0 Å². The van der Waals surface area contributed by atoms with Gasteiger partial charge < -0.3 is 14.2 Å². The van der Waals surface area contributed by atoms with Crippen LogP contribution in [0, 0.1) is 0 Å². The lowest BCUT2D eigenvalue weighted by molar-refractivity contribution is -0.167. The van der Waals surface area contributed by atoms with Crippen molar-refractivity contribution in [3.05, 3.63) is 24.3 Å². The van der Waals surface area contributed by atoms with E-state index < -0.39 is 6.10 Å². The van der Waals surface area contributed by atoms with Crippen LogP contribution in [0.15, 0.2) is 24.3 Å². The second kappa shape index (κ2) is 63.4. The van der Waals surface area contributed by atoms with E-state index in [0.29, 0.717) is 19.3 Å². The molecule has 6 heteroatoms. The molecule has 0 spiro atoms. The van der Waals surface area contributed by atoms with E-state index in [0.717, 1.165) is 64.2 Å². The van der Waals surface area contributed by atoms with Crippen molar-refractivity contribution in [3.8, 4) is 0 Å². The van der Waals surface area contributed by atoms with E-state index in [1.165, 1.54) is 270 Å². The van der Waals surface area contributed by atoms with E-state index in [1.54, 1.807) is 0 Å². The van der Waals surface area contributed by atoms with Crippen molar-refractivity contribution >= 4 is 17.9 Å². The van der Waals surface area contributed by atoms with Crippen molar-refractivity contribution in [2.45, 2.75) is 380 Å². The van der Waals surface area contributed by atoms with Gasteiger partial charge in [0.05, 0.1) is 0 Å². The Labute approximate surface area is 462 Å². The van der Waals surface area contributed by atoms with Crippen LogP contribution in [-0.2, 0) is 28.6 Å². The van der Waals surface area contributed by atoms with Gasteiger partial charge in [0.1, 0.15) is 13.2 Å². The molecule has 0 aromatic carbocycles. The first-order chi connectivity index (χ1) is 36.5. The van der Waals surface area contributed by atoms with E-state index in [4.69, 9.17) is 14.2 Å². The van der Waals surface area contributed by atoms with Crippen LogP contribution in [0.25, 0.3) is 0 Å². The van der Waals surface area contributed by atoms with Gasteiger partial charge in [-0.1, -0.05) is 308 Å². The van der Waals surface area contributed by atoms with Gasteiger partial charge in [-0.05, 0) is 70.6 Å². The Kier molecular flexibility index (Phi) is 61.6. The van der Waals surface area contributed by atoms with Crippen LogP contribution in [0.2, 0.25) is 0 Å². The van der Waals surface area contributed by atoms with Crippen molar-refractivity contribution in [1.29, 1.82) is 0 Å². The molecule has 0 bridgehead atoms. The molecular weight excluding hydrogens is 913 g/mol. The average Bonchev–Trinajstić information content (AvgIpc) is 3.40. The maximum absolute atomic E-state index is 12.9. The van der Waals surface area contributed by atoms with Crippen LogP contribution in [0.1, 0.15) is 374 Å². The zero-order valence-corrected chi connectivity index (χ0v) is 50.1. The first kappa shape index (κ1) is 71.9. The third-order valence-corrected chi connectivity index (χ3v) is 15.2. The molecular formula is C68H128O6. The smallest absolute Gasteiger partial charge is 0.306 e. The van der Waals surface area contributed by atoms with E-state index in [2.05, 4.69) is 45.1 Å². The van der Waals surface area contributed by atoms with Gasteiger partial charge in [0, 0.05) is 19.3 Å². The molecule has 0 fully saturated rings. The Morgan fingerprint density at radius 1 is 0.257 bits per heavy atom. The molecule has 74 heavy (non-hydrogen) atoms. The van der Waals surface area contributed by atoms with E-state index >= 15 is 0 Å². The lowest BCUT2D eigenvalue weighted by atomic mass is 10.0. The van der Waals surface area contributed by atoms with Crippen molar-refractivity contribution in [2.24, 2.45) is 0 Å². The Hall–Kier alpha value is -2.11. The van der Waals surface area contributed by atoms with Gasteiger partial charge in [-0.25, -0.2) is 0 Å². The standard InChI is InChI=1S/C68H128O6/c1-4-7-10-13-16-19-22-25-28-30-31-32-33-34-35-36-37-39-40-43-46-49-52-55-58-61-67(70)73-64-65(63-72-66(69)60-57-54-51-48-45-42-27-24-21-18-15-12-9-6-3)74-68(71)62-59-56-53-50-47-44-41-38-29-26-23-20-17-14-11-8-5-2/h24,27,30-31,65H,4-23,25-26,28-29,32-64H2,1-3H3/b27-24-,31-30-. The number of rotatable bonds is 62. The van der Waals surface area contributed by atoms with E-state index in [9.17, 15) is 14.4 Å². The van der Waals surface area contributed by atoms with Crippen molar-refractivity contribution < 1.29 is 28.6 Å². The molecule has 0 aliphatic heterocycles. The lowest BCUT2D eigenvalue weighted by Crippen LogP contribution is -2.30. The number of carbonyl (C=O) groups excluding carboxylic acids is 3. The van der Waals surface area contributed by atoms with Crippen molar-refractivity contribution in [1.82, 2.24) is 0 Å². The van der Waals surface area contributed by atoms with Crippen LogP contribution in [0.4, 0.5) is 0 Å². The normalized spacial score (nSPS) is 12.1. The largest absolute Gasteiger partial charge is 0.462 e. The van der Waals surface area contributed by atoms with Crippen LogP contribution < -0.4 is 0 Å². The molecule has 0 aromatic rings. The topological polar surface area (TPSA) is 78.9 Å². The Balaban J connectivity index is 4.24. The van der Waals surface area contributed by atoms with Crippen molar-refractivity contribution in [2.75, 3.05) is 13.2 Å². The summed E-state index contributed by atoms with van der Waals surface area (Å²) < 4.78 is 17.0. The van der Waals surface area contributed by atoms with Crippen LogP contribution in [0.5, 0.6) is 0 Å². The van der Waals surface area contributed by atoms with Crippen LogP contribution in [-0.4, -0.2) is 37.2 Å². The summed E-state index contributed by atoms with van der Waals surface area (Å²) in [6, 6.07) is 0. The van der Waals surface area contributed by atoms with Crippen LogP contribution >= 0.6 is 0 Å². The highest BCUT2D eigenvalue weighted by atomic mass is 16.6. The molecule has 6 nitrogen and oxygen atoms in total. The third-order valence-electron chi connectivity index (χ3n) is 15.2. The molecule has 0 amide bonds. The lowest BCUT2D eigenvalue weighted by Gasteiger charge is -2.18. The minimum atomic E-state index is -0.771. The summed E-state index contributed by atoms with van der Waals surface area (Å²) in [6.07, 6.45) is 76.2. The molecule has 0 aliphatic rings. The van der Waals surface area contributed by atoms with Gasteiger partial charge in [0.2, 0.25) is 0 Å². The summed E-state index contributed by atoms with van der Waals surface area (Å²) >= 11 is 0. The SMILES string of the molecule is CCCCCCC/C=C\CCCCCCCC(=O)OCC(COC(=O)CCCCCCCCCCCCCCC/C=C\CCCCCCCCCC)OC(=O)CCCCCCCCCCCCCCCCCCC. The minimum Gasteiger partial charge on any atom is -0.462 e. The molecule has 1 atom stereocenters. The maximum atomic E-state index is 12.9. The molecule has 0 N–H and O–H groups in total. The van der Waals surface area contributed by atoms with Gasteiger partial charge in [0.15, 0.2) is 6.10 Å². The zero-order valence-electron chi connectivity index (χ0n) is 50.1. The maximum Gasteiger partial charge on any atom is 0.306 e. The van der Waals surface area contributed by atoms with Gasteiger partial charge in [-0.3, -0.25) is 14.4 Å². The number of hydrogen-bond acceptors (Lipinski definition) is 6. The molecule has 436 valence electrons. The minimum absolute atomic E-state index is 0.0685. The second-order valence-corrected chi connectivity index (χ2v) is 22.7. The molecule has 0 aromatic heterocycles. The number of hydrogen-bond donors (Lipinski definition) is 0. The fraction of sp³-hybridized carbons (Fsp3) is 0.897. The Morgan fingerprint density at radius 2 is 0.446 bits per heavy atom. The molecule has 0 aliphatic carbocycles. The van der Waals surface area contributed by atoms with Crippen molar-refractivity contribution in [3.63, 3.8) is 0 Å². The summed E-state index contributed by atoms with van der Waals surface area (Å²) in [4.78, 5) is 38.3. The molecule has 0 heterocycles. The van der Waals surface area contributed by atoms with Gasteiger partial charge >= 0.3 is 17.9 Å². The first-order valence-electron chi connectivity index (χ1n) is 33.3. The third kappa shape index (κ3) is 60.8. The number of ether oxygens (including phenoxy) is 3. The monoisotopic (exact) mass is 1040 g/mol. The fourth-order valence-corrected chi connectivity index (χ4v) is 10.1. The number of allylic oxidation sites excluding steroid dienone is 4. The van der Waals surface area contributed by atoms with E-state index in [1.807, 2.05) is 0 Å². The summed E-state index contributed by atoms with van der Waals surface area (Å²) in [5.41, 5.74) is 0. The second-order valence-electron chi connectivity index (χ2n) is 22.7. The zero-order chi connectivity index (χ0) is 53.6. The van der Waals surface area contributed by atoms with Gasteiger partial charge in [-0.15, -0.1) is 0 Å². The highest BCUT2D eigenvalue weighted by Gasteiger charge is 2.19. The molecule has 0 saturated heterocycles. The Bertz CT molecular complexity index is 1190. The highest BCUT2D eigenvalue weighted by Crippen LogP contribution is 2.18. The number of carbonyl (C=O) groups is 3. The van der Waals surface area contributed by atoms with Gasteiger partial charge in [0.25, 0.3) is 0 Å². The molecule has 1 unspecified atom stereocenters.